The Morgan fingerprint density at radius 3 is 2.93 bits per heavy atom. The van der Waals surface area contributed by atoms with Gasteiger partial charge < -0.3 is 15.2 Å². The predicted octanol–water partition coefficient (Wildman–Crippen LogP) is 0.639. The van der Waals surface area contributed by atoms with Gasteiger partial charge >= 0.3 is 5.97 Å². The van der Waals surface area contributed by atoms with Gasteiger partial charge in [0.15, 0.2) is 5.69 Å². The molecule has 1 aromatic heterocycles. The fourth-order valence-electron chi connectivity index (χ4n) is 1.17. The zero-order valence-corrected chi connectivity index (χ0v) is 8.36. The van der Waals surface area contributed by atoms with E-state index in [4.69, 9.17) is 21.4 Å². The van der Waals surface area contributed by atoms with Crippen molar-refractivity contribution in [3.05, 3.63) is 17.2 Å². The Kier molecular flexibility index (Phi) is 2.70. The molecule has 0 bridgehead atoms. The molecule has 1 aliphatic rings. The topological polar surface area (TPSA) is 84.3 Å². The molecule has 0 atom stereocenters. The lowest BCUT2D eigenvalue weighted by Crippen LogP contribution is -2.40. The van der Waals surface area contributed by atoms with E-state index in [0.717, 1.165) is 0 Å². The van der Waals surface area contributed by atoms with E-state index in [0.29, 0.717) is 18.9 Å². The van der Waals surface area contributed by atoms with Gasteiger partial charge in [-0.1, -0.05) is 0 Å². The molecule has 2 N–H and O–H groups in total. The first-order valence-electron chi connectivity index (χ1n) is 4.27. The summed E-state index contributed by atoms with van der Waals surface area (Å²) in [5.74, 6) is -1.14. The van der Waals surface area contributed by atoms with Crippen molar-refractivity contribution in [2.24, 2.45) is 0 Å². The summed E-state index contributed by atoms with van der Waals surface area (Å²) in [7, 11) is 0. The Labute approximate surface area is 90.2 Å². The Hall–Kier alpha value is -1.40. The van der Waals surface area contributed by atoms with Gasteiger partial charge in [-0.15, -0.1) is 0 Å². The minimum Gasteiger partial charge on any atom is -0.476 e. The van der Waals surface area contributed by atoms with Crippen LogP contribution in [0.1, 0.15) is 10.5 Å². The molecule has 0 amide bonds. The Balaban J connectivity index is 2.23. The number of halogens is 1. The van der Waals surface area contributed by atoms with Crippen molar-refractivity contribution >= 4 is 23.3 Å². The number of carboxylic acid groups (broad SMARTS) is 1. The summed E-state index contributed by atoms with van der Waals surface area (Å²) >= 11 is 5.51. The standard InChI is InChI=1S/C8H8ClN3O3/c9-8-10-1-5(6(12-8)7(13)14)11-4-2-15-3-4/h1,4,11H,2-3H2,(H,13,14). The minimum absolute atomic E-state index is 0.0807. The number of carboxylic acids is 1. The Morgan fingerprint density at radius 2 is 2.40 bits per heavy atom. The van der Waals surface area contributed by atoms with Gasteiger partial charge in [0.25, 0.3) is 0 Å². The smallest absolute Gasteiger partial charge is 0.356 e. The van der Waals surface area contributed by atoms with Crippen molar-refractivity contribution in [1.82, 2.24) is 9.97 Å². The van der Waals surface area contributed by atoms with E-state index in [1.807, 2.05) is 0 Å². The lowest BCUT2D eigenvalue weighted by molar-refractivity contribution is 0.0210. The maximum absolute atomic E-state index is 10.8. The molecule has 0 unspecified atom stereocenters. The number of carbonyl (C=O) groups is 1. The molecule has 7 heteroatoms. The second-order valence-corrected chi connectivity index (χ2v) is 3.42. The van der Waals surface area contributed by atoms with Gasteiger partial charge in [0.05, 0.1) is 31.1 Å². The van der Waals surface area contributed by atoms with Crippen LogP contribution in [0.2, 0.25) is 5.28 Å². The third-order valence-corrected chi connectivity index (χ3v) is 2.14. The van der Waals surface area contributed by atoms with Gasteiger partial charge in [-0.05, 0) is 11.6 Å². The predicted molar refractivity (Wildman–Crippen MR) is 52.2 cm³/mol. The van der Waals surface area contributed by atoms with Crippen LogP contribution < -0.4 is 5.32 Å². The number of hydrogen-bond donors (Lipinski definition) is 2. The molecule has 6 nitrogen and oxygen atoms in total. The van der Waals surface area contributed by atoms with Crippen LogP contribution in [0.15, 0.2) is 6.20 Å². The van der Waals surface area contributed by atoms with Gasteiger partial charge in [-0.3, -0.25) is 0 Å². The van der Waals surface area contributed by atoms with Crippen LogP contribution in [0.3, 0.4) is 0 Å². The number of nitrogens with zero attached hydrogens (tertiary/aromatic N) is 2. The summed E-state index contributed by atoms with van der Waals surface area (Å²) in [4.78, 5) is 18.2. The van der Waals surface area contributed by atoms with Gasteiger partial charge in [-0.25, -0.2) is 14.8 Å². The van der Waals surface area contributed by atoms with Crippen molar-refractivity contribution in [3.8, 4) is 0 Å². The molecule has 15 heavy (non-hydrogen) atoms. The van der Waals surface area contributed by atoms with Crippen LogP contribution in [-0.2, 0) is 4.74 Å². The van der Waals surface area contributed by atoms with Crippen LogP contribution in [0.25, 0.3) is 0 Å². The van der Waals surface area contributed by atoms with Crippen molar-refractivity contribution in [1.29, 1.82) is 0 Å². The molecule has 1 fully saturated rings. The van der Waals surface area contributed by atoms with Crippen LogP contribution in [-0.4, -0.2) is 40.3 Å². The van der Waals surface area contributed by atoms with Crippen LogP contribution in [0.5, 0.6) is 0 Å². The quantitative estimate of drug-likeness (QED) is 0.740. The number of hydrogen-bond acceptors (Lipinski definition) is 5. The molecule has 2 heterocycles. The molecule has 2 rings (SSSR count). The molecule has 0 aliphatic carbocycles. The zero-order chi connectivity index (χ0) is 10.8. The highest BCUT2D eigenvalue weighted by atomic mass is 35.5. The number of rotatable bonds is 3. The number of nitrogens with one attached hydrogen (secondary N) is 1. The zero-order valence-electron chi connectivity index (χ0n) is 7.61. The molecule has 0 spiro atoms. The number of anilines is 1. The summed E-state index contributed by atoms with van der Waals surface area (Å²) in [5, 5.41) is 11.8. The van der Waals surface area contributed by atoms with Gasteiger partial charge in [0, 0.05) is 0 Å². The first kappa shape index (κ1) is 10.1. The van der Waals surface area contributed by atoms with Crippen molar-refractivity contribution in [2.75, 3.05) is 18.5 Å². The molecule has 0 saturated carbocycles. The monoisotopic (exact) mass is 229 g/mol. The van der Waals surface area contributed by atoms with E-state index in [1.54, 1.807) is 0 Å². The summed E-state index contributed by atoms with van der Waals surface area (Å²) in [6, 6.07) is 0.118. The number of ether oxygens (including phenoxy) is 1. The summed E-state index contributed by atoms with van der Waals surface area (Å²) in [6.07, 6.45) is 1.36. The second kappa shape index (κ2) is 4.00. The normalized spacial score (nSPS) is 15.8. The summed E-state index contributed by atoms with van der Waals surface area (Å²) in [5.41, 5.74) is 0.238. The van der Waals surface area contributed by atoms with Gasteiger partial charge in [0.1, 0.15) is 0 Å². The van der Waals surface area contributed by atoms with Crippen molar-refractivity contribution in [3.63, 3.8) is 0 Å². The fourth-order valence-corrected chi connectivity index (χ4v) is 1.30. The molecule has 1 aliphatic heterocycles. The van der Waals surface area contributed by atoms with E-state index in [1.165, 1.54) is 6.20 Å². The third-order valence-electron chi connectivity index (χ3n) is 1.96. The highest BCUT2D eigenvalue weighted by Crippen LogP contribution is 2.17. The first-order chi connectivity index (χ1) is 7.16. The lowest BCUT2D eigenvalue weighted by Gasteiger charge is -2.27. The maximum atomic E-state index is 10.8. The fraction of sp³-hybridized carbons (Fsp3) is 0.375. The van der Waals surface area contributed by atoms with E-state index < -0.39 is 5.97 Å². The first-order valence-corrected chi connectivity index (χ1v) is 4.64. The van der Waals surface area contributed by atoms with Crippen molar-refractivity contribution in [2.45, 2.75) is 6.04 Å². The SMILES string of the molecule is O=C(O)c1nc(Cl)ncc1NC1COC1. The molecular weight excluding hydrogens is 222 g/mol. The van der Waals surface area contributed by atoms with Crippen LogP contribution in [0, 0.1) is 0 Å². The molecule has 80 valence electrons. The van der Waals surface area contributed by atoms with Gasteiger partial charge in [0.2, 0.25) is 5.28 Å². The lowest BCUT2D eigenvalue weighted by atomic mass is 10.2. The van der Waals surface area contributed by atoms with E-state index in [2.05, 4.69) is 15.3 Å². The number of aromatic nitrogens is 2. The largest absolute Gasteiger partial charge is 0.476 e. The van der Waals surface area contributed by atoms with E-state index in [-0.39, 0.29) is 17.0 Å². The average molecular weight is 230 g/mol. The minimum atomic E-state index is -1.14. The van der Waals surface area contributed by atoms with E-state index >= 15 is 0 Å². The third kappa shape index (κ3) is 2.16. The molecule has 0 radical (unpaired) electrons. The molecule has 1 saturated heterocycles. The molecular formula is C8H8ClN3O3. The average Bonchev–Trinajstić information content (AvgIpc) is 2.12. The molecule has 0 aromatic carbocycles. The van der Waals surface area contributed by atoms with Crippen LogP contribution in [0.4, 0.5) is 5.69 Å². The maximum Gasteiger partial charge on any atom is 0.356 e. The Bertz CT molecular complexity index is 395. The number of aromatic carboxylic acids is 1. The summed E-state index contributed by atoms with van der Waals surface area (Å²) in [6.45, 7) is 1.11. The highest BCUT2D eigenvalue weighted by Gasteiger charge is 2.21. The highest BCUT2D eigenvalue weighted by molar-refractivity contribution is 6.28. The molecule has 1 aromatic rings. The van der Waals surface area contributed by atoms with Gasteiger partial charge in [-0.2, -0.15) is 0 Å². The van der Waals surface area contributed by atoms with E-state index in [9.17, 15) is 4.79 Å². The Morgan fingerprint density at radius 1 is 1.67 bits per heavy atom. The second-order valence-electron chi connectivity index (χ2n) is 3.09. The van der Waals surface area contributed by atoms with Crippen LogP contribution >= 0.6 is 11.6 Å². The van der Waals surface area contributed by atoms with Crippen molar-refractivity contribution < 1.29 is 14.6 Å². The summed E-state index contributed by atoms with van der Waals surface area (Å²) < 4.78 is 4.95.